The zero-order valence-corrected chi connectivity index (χ0v) is 18.9. The molecule has 0 amide bonds. The first-order valence-electron chi connectivity index (χ1n) is 11.5. The number of nitrogens with zero attached hydrogens (tertiary/aromatic N) is 2. The van der Waals surface area contributed by atoms with Crippen LogP contribution in [0, 0.1) is 28.6 Å². The molecule has 0 spiro atoms. The molecule has 3 fully saturated rings. The molecule has 1 aromatic heterocycles. The number of fused-ring (bicyclic) bond motifs is 5. The lowest BCUT2D eigenvalue weighted by Gasteiger charge is -2.59. The van der Waals surface area contributed by atoms with Gasteiger partial charge in [-0.1, -0.05) is 37.3 Å². The molecular weight excluding hydrogens is 380 g/mol. The molecule has 0 unspecified atom stereocenters. The van der Waals surface area contributed by atoms with E-state index in [2.05, 4.69) is 24.9 Å². The summed E-state index contributed by atoms with van der Waals surface area (Å²) in [6.45, 7) is 4.86. The second-order valence-corrected chi connectivity index (χ2v) is 11.7. The Morgan fingerprint density at radius 3 is 2.69 bits per heavy atom. The lowest BCUT2D eigenvalue weighted by molar-refractivity contribution is -0.116. The lowest BCUT2D eigenvalue weighted by atomic mass is 9.46. The Morgan fingerprint density at radius 2 is 1.93 bits per heavy atom. The fourth-order valence-corrected chi connectivity index (χ4v) is 8.97. The molecule has 4 nitrogen and oxygen atoms in total. The maximum absolute atomic E-state index is 11.9. The average molecular weight is 417 g/mol. The van der Waals surface area contributed by atoms with E-state index < -0.39 is 5.60 Å². The van der Waals surface area contributed by atoms with Gasteiger partial charge in [-0.2, -0.15) is 0 Å². The standard InChI is InChI=1S/C24H36N2O2S/c1-22-9-6-17(27)14-16(22)4-5-18-19(22)7-10-23(2)20(18)8-11-24(23,28)15-29-21-25-12-13-26(21)3/h12-14,17-20,27-28H,4-11,15H2,1-3H3/t17-,18+,19+,20+,22-,23-,24+/m0/s1. The Morgan fingerprint density at radius 1 is 1.14 bits per heavy atom. The number of thioether (sulfide) groups is 1. The highest BCUT2D eigenvalue weighted by atomic mass is 32.2. The third-order valence-corrected chi connectivity index (χ3v) is 10.9. The first kappa shape index (κ1) is 20.1. The number of aryl methyl sites for hydroxylation is 1. The minimum absolute atomic E-state index is 0.0120. The van der Waals surface area contributed by atoms with Crippen molar-refractivity contribution in [2.75, 3.05) is 5.75 Å². The largest absolute Gasteiger partial charge is 0.389 e. The van der Waals surface area contributed by atoms with Crippen molar-refractivity contribution in [3.05, 3.63) is 24.0 Å². The minimum atomic E-state index is -0.598. The second-order valence-electron chi connectivity index (χ2n) is 10.8. The summed E-state index contributed by atoms with van der Waals surface area (Å²) in [6, 6.07) is 0. The number of aromatic nitrogens is 2. The minimum Gasteiger partial charge on any atom is -0.389 e. The molecule has 0 bridgehead atoms. The van der Waals surface area contributed by atoms with Crippen LogP contribution < -0.4 is 0 Å². The van der Waals surface area contributed by atoms with Crippen molar-refractivity contribution in [3.63, 3.8) is 0 Å². The molecule has 4 aliphatic rings. The molecule has 5 rings (SSSR count). The SMILES string of the molecule is Cn1ccnc1SC[C@]1(O)CC[C@@H]2[C@@H]3CCC4=C[C@@H](O)CC[C@]4(C)[C@@H]3CC[C@@]21C. The molecule has 0 aromatic carbocycles. The zero-order valence-electron chi connectivity index (χ0n) is 18.1. The highest BCUT2D eigenvalue weighted by Crippen LogP contribution is 2.68. The van der Waals surface area contributed by atoms with Crippen LogP contribution in [-0.2, 0) is 7.05 Å². The second kappa shape index (κ2) is 6.86. The van der Waals surface area contributed by atoms with Gasteiger partial charge in [0.15, 0.2) is 5.16 Å². The number of hydrogen-bond acceptors (Lipinski definition) is 4. The summed E-state index contributed by atoms with van der Waals surface area (Å²) in [7, 11) is 2.03. The molecule has 0 saturated heterocycles. The van der Waals surface area contributed by atoms with E-state index in [0.717, 1.165) is 61.3 Å². The first-order valence-corrected chi connectivity index (χ1v) is 12.5. The fourth-order valence-electron chi connectivity index (χ4n) is 7.73. The number of hydrogen-bond donors (Lipinski definition) is 2. The van der Waals surface area contributed by atoms with Crippen molar-refractivity contribution >= 4 is 11.8 Å². The van der Waals surface area contributed by atoms with Crippen molar-refractivity contribution in [2.24, 2.45) is 35.6 Å². The van der Waals surface area contributed by atoms with Crippen LogP contribution >= 0.6 is 11.8 Å². The van der Waals surface area contributed by atoms with Crippen LogP contribution in [0.15, 0.2) is 29.2 Å². The van der Waals surface area contributed by atoms with Gasteiger partial charge in [0.05, 0.1) is 11.7 Å². The van der Waals surface area contributed by atoms with Crippen LogP contribution in [0.1, 0.15) is 65.2 Å². The summed E-state index contributed by atoms with van der Waals surface area (Å²) in [6.07, 6.45) is 14.6. The first-order chi connectivity index (χ1) is 13.8. The Labute approximate surface area is 179 Å². The van der Waals surface area contributed by atoms with Gasteiger partial charge in [-0.05, 0) is 74.5 Å². The lowest BCUT2D eigenvalue weighted by Crippen LogP contribution is -2.55. The van der Waals surface area contributed by atoms with Gasteiger partial charge in [0.2, 0.25) is 0 Å². The Hall–Kier alpha value is -0.780. The Kier molecular flexibility index (Phi) is 4.77. The van der Waals surface area contributed by atoms with Crippen molar-refractivity contribution in [1.29, 1.82) is 0 Å². The quantitative estimate of drug-likeness (QED) is 0.560. The predicted molar refractivity (Wildman–Crippen MR) is 117 cm³/mol. The smallest absolute Gasteiger partial charge is 0.167 e. The van der Waals surface area contributed by atoms with E-state index in [1.54, 1.807) is 11.8 Å². The highest BCUT2D eigenvalue weighted by molar-refractivity contribution is 7.99. The molecule has 4 aliphatic carbocycles. The number of rotatable bonds is 3. The fraction of sp³-hybridized carbons (Fsp3) is 0.792. The van der Waals surface area contributed by atoms with E-state index in [9.17, 15) is 10.2 Å². The molecular formula is C24H36N2O2S. The molecule has 7 atom stereocenters. The van der Waals surface area contributed by atoms with Crippen LogP contribution in [-0.4, -0.2) is 37.2 Å². The normalized spacial score (nSPS) is 46.6. The summed E-state index contributed by atoms with van der Waals surface area (Å²) in [4.78, 5) is 4.45. The number of allylic oxidation sites excluding steroid dienone is 1. The third-order valence-electron chi connectivity index (χ3n) is 9.63. The van der Waals surface area contributed by atoms with Gasteiger partial charge in [0.1, 0.15) is 0 Å². The summed E-state index contributed by atoms with van der Waals surface area (Å²) in [5.74, 6) is 2.81. The molecule has 5 heteroatoms. The van der Waals surface area contributed by atoms with E-state index in [1.165, 1.54) is 18.4 Å². The van der Waals surface area contributed by atoms with Crippen LogP contribution in [0.4, 0.5) is 0 Å². The van der Waals surface area contributed by atoms with Gasteiger partial charge in [-0.3, -0.25) is 0 Å². The highest BCUT2D eigenvalue weighted by Gasteiger charge is 2.63. The molecule has 160 valence electrons. The van der Waals surface area contributed by atoms with Crippen LogP contribution in [0.3, 0.4) is 0 Å². The van der Waals surface area contributed by atoms with E-state index in [0.29, 0.717) is 5.92 Å². The van der Waals surface area contributed by atoms with Crippen LogP contribution in [0.2, 0.25) is 0 Å². The van der Waals surface area contributed by atoms with Crippen molar-refractivity contribution in [1.82, 2.24) is 9.55 Å². The monoisotopic (exact) mass is 416 g/mol. The predicted octanol–water partition coefficient (Wildman–Crippen LogP) is 4.57. The topological polar surface area (TPSA) is 58.3 Å². The van der Waals surface area contributed by atoms with Gasteiger partial charge in [-0.15, -0.1) is 0 Å². The molecule has 1 aromatic rings. The summed E-state index contributed by atoms with van der Waals surface area (Å²) in [5.41, 5.74) is 1.21. The van der Waals surface area contributed by atoms with Gasteiger partial charge in [-0.25, -0.2) is 4.98 Å². The molecule has 29 heavy (non-hydrogen) atoms. The Balaban J connectivity index is 1.38. The summed E-state index contributed by atoms with van der Waals surface area (Å²) in [5, 5.41) is 23.0. The van der Waals surface area contributed by atoms with Crippen molar-refractivity contribution < 1.29 is 10.2 Å². The van der Waals surface area contributed by atoms with E-state index >= 15 is 0 Å². The van der Waals surface area contributed by atoms with Crippen LogP contribution in [0.5, 0.6) is 0 Å². The maximum Gasteiger partial charge on any atom is 0.167 e. The van der Waals surface area contributed by atoms with Crippen molar-refractivity contribution in [3.8, 4) is 0 Å². The number of aliphatic hydroxyl groups is 2. The van der Waals surface area contributed by atoms with Gasteiger partial charge in [0, 0.05) is 30.6 Å². The number of imidazole rings is 1. The molecule has 2 N–H and O–H groups in total. The molecule has 3 saturated carbocycles. The van der Waals surface area contributed by atoms with E-state index in [4.69, 9.17) is 0 Å². The van der Waals surface area contributed by atoms with Crippen molar-refractivity contribution in [2.45, 2.75) is 82.1 Å². The number of aliphatic hydroxyl groups excluding tert-OH is 1. The average Bonchev–Trinajstić information content (AvgIpc) is 3.22. The van der Waals surface area contributed by atoms with Crippen LogP contribution in [0.25, 0.3) is 0 Å². The molecule has 1 heterocycles. The molecule has 0 aliphatic heterocycles. The van der Waals surface area contributed by atoms with E-state index in [1.807, 2.05) is 24.0 Å². The van der Waals surface area contributed by atoms with Gasteiger partial charge >= 0.3 is 0 Å². The maximum atomic E-state index is 11.9. The summed E-state index contributed by atoms with van der Waals surface area (Å²) < 4.78 is 2.05. The van der Waals surface area contributed by atoms with E-state index in [-0.39, 0.29) is 16.9 Å². The third kappa shape index (κ3) is 2.90. The van der Waals surface area contributed by atoms with Gasteiger partial charge < -0.3 is 14.8 Å². The molecule has 0 radical (unpaired) electrons. The summed E-state index contributed by atoms with van der Waals surface area (Å²) >= 11 is 1.72. The zero-order chi connectivity index (χ0) is 20.4. The van der Waals surface area contributed by atoms with Gasteiger partial charge in [0.25, 0.3) is 0 Å². The Bertz CT molecular complexity index is 822.